The third-order valence-corrected chi connectivity index (χ3v) is 5.71. The number of aryl methyl sites for hydroxylation is 2. The van der Waals surface area contributed by atoms with Crippen LogP contribution in [-0.2, 0) is 11.3 Å². The predicted octanol–water partition coefficient (Wildman–Crippen LogP) is 5.85. The first-order chi connectivity index (χ1) is 14.2. The Morgan fingerprint density at radius 3 is 2.33 bits per heavy atom. The van der Waals surface area contributed by atoms with Gasteiger partial charge in [0.2, 0.25) is 5.91 Å². The SMILES string of the molecule is Cc1cccc(C)c1NC(=O)C(C)Sc1ncc(-c2ccccc2)n1CC(F)(F)F. The molecule has 4 nitrogen and oxygen atoms in total. The molecule has 3 rings (SSSR count). The quantitative estimate of drug-likeness (QED) is 0.496. The fourth-order valence-corrected chi connectivity index (χ4v) is 3.96. The first-order valence-corrected chi connectivity index (χ1v) is 10.2. The van der Waals surface area contributed by atoms with Crippen LogP contribution in [0.2, 0.25) is 0 Å². The summed E-state index contributed by atoms with van der Waals surface area (Å²) in [5.41, 5.74) is 3.56. The summed E-state index contributed by atoms with van der Waals surface area (Å²) in [6.07, 6.45) is -3.00. The number of thioether (sulfide) groups is 1. The van der Waals surface area contributed by atoms with E-state index in [9.17, 15) is 18.0 Å². The lowest BCUT2D eigenvalue weighted by atomic mass is 10.1. The van der Waals surface area contributed by atoms with Gasteiger partial charge in [0.1, 0.15) is 6.54 Å². The smallest absolute Gasteiger partial charge is 0.325 e. The summed E-state index contributed by atoms with van der Waals surface area (Å²) < 4.78 is 40.8. The molecule has 3 aromatic rings. The minimum atomic E-state index is -4.41. The molecule has 1 heterocycles. The molecule has 2 aromatic carbocycles. The maximum Gasteiger partial charge on any atom is 0.406 e. The number of alkyl halides is 3. The van der Waals surface area contributed by atoms with Crippen LogP contribution in [0.3, 0.4) is 0 Å². The van der Waals surface area contributed by atoms with E-state index >= 15 is 0 Å². The minimum absolute atomic E-state index is 0.148. The van der Waals surface area contributed by atoms with Gasteiger partial charge in [-0.1, -0.05) is 60.3 Å². The zero-order valence-corrected chi connectivity index (χ0v) is 17.6. The second-order valence-electron chi connectivity index (χ2n) is 7.01. The van der Waals surface area contributed by atoms with E-state index in [0.717, 1.165) is 33.1 Å². The molecule has 158 valence electrons. The highest BCUT2D eigenvalue weighted by atomic mass is 32.2. The number of nitrogens with zero attached hydrogens (tertiary/aromatic N) is 2. The van der Waals surface area contributed by atoms with Crippen molar-refractivity contribution in [2.24, 2.45) is 0 Å². The molecule has 8 heteroatoms. The van der Waals surface area contributed by atoms with Crippen molar-refractivity contribution >= 4 is 23.4 Å². The lowest BCUT2D eigenvalue weighted by Crippen LogP contribution is -2.25. The van der Waals surface area contributed by atoms with Crippen molar-refractivity contribution in [1.82, 2.24) is 9.55 Å². The Kier molecular flexibility index (Phi) is 6.55. The standard InChI is InChI=1S/C22H22F3N3OS/c1-14-8-7-9-15(2)19(14)27-20(29)16(3)30-21-26-12-18(17-10-5-4-6-11-17)28(21)13-22(23,24)25/h4-12,16H,13H2,1-3H3,(H,27,29). The van der Waals surface area contributed by atoms with Gasteiger partial charge in [-0.25, -0.2) is 4.98 Å². The third-order valence-electron chi connectivity index (χ3n) is 4.61. The number of para-hydroxylation sites is 1. The molecule has 0 bridgehead atoms. The van der Waals surface area contributed by atoms with Crippen molar-refractivity contribution in [2.45, 2.75) is 43.9 Å². The first-order valence-electron chi connectivity index (χ1n) is 9.37. The summed E-state index contributed by atoms with van der Waals surface area (Å²) in [7, 11) is 0. The van der Waals surface area contributed by atoms with Crippen LogP contribution in [0.1, 0.15) is 18.1 Å². The Balaban J connectivity index is 1.85. The molecular formula is C22H22F3N3OS. The maximum absolute atomic E-state index is 13.2. The zero-order chi connectivity index (χ0) is 21.9. The van der Waals surface area contributed by atoms with Crippen molar-refractivity contribution in [3.05, 3.63) is 65.9 Å². The molecule has 1 amide bonds. The van der Waals surface area contributed by atoms with E-state index in [1.54, 1.807) is 37.3 Å². The van der Waals surface area contributed by atoms with E-state index in [4.69, 9.17) is 0 Å². The van der Waals surface area contributed by atoms with Gasteiger partial charge in [0.15, 0.2) is 5.16 Å². The second-order valence-corrected chi connectivity index (χ2v) is 8.32. The number of rotatable bonds is 6. The number of nitrogens with one attached hydrogen (secondary N) is 1. The Morgan fingerprint density at radius 1 is 1.10 bits per heavy atom. The zero-order valence-electron chi connectivity index (χ0n) is 16.8. The van der Waals surface area contributed by atoms with Crippen LogP contribution in [0.25, 0.3) is 11.3 Å². The van der Waals surface area contributed by atoms with Crippen LogP contribution in [0.4, 0.5) is 18.9 Å². The summed E-state index contributed by atoms with van der Waals surface area (Å²) in [5.74, 6) is -0.291. The number of anilines is 1. The van der Waals surface area contributed by atoms with E-state index in [0.29, 0.717) is 11.3 Å². The van der Waals surface area contributed by atoms with Crippen molar-refractivity contribution in [1.29, 1.82) is 0 Å². The van der Waals surface area contributed by atoms with Crippen LogP contribution in [0, 0.1) is 13.8 Å². The average Bonchev–Trinajstić information content (AvgIpc) is 3.06. The molecule has 1 unspecified atom stereocenters. The monoisotopic (exact) mass is 433 g/mol. The molecule has 1 aromatic heterocycles. The lowest BCUT2D eigenvalue weighted by molar-refractivity contribution is -0.141. The van der Waals surface area contributed by atoms with Gasteiger partial charge < -0.3 is 9.88 Å². The largest absolute Gasteiger partial charge is 0.406 e. The van der Waals surface area contributed by atoms with Crippen LogP contribution in [-0.4, -0.2) is 26.9 Å². The number of imidazole rings is 1. The third kappa shape index (κ3) is 5.24. The Morgan fingerprint density at radius 2 is 1.73 bits per heavy atom. The number of carbonyl (C=O) groups excluding carboxylic acids is 1. The van der Waals surface area contributed by atoms with Crippen LogP contribution in [0.5, 0.6) is 0 Å². The van der Waals surface area contributed by atoms with Gasteiger partial charge in [-0.2, -0.15) is 13.2 Å². The minimum Gasteiger partial charge on any atom is -0.325 e. The molecule has 0 aliphatic rings. The highest BCUT2D eigenvalue weighted by molar-refractivity contribution is 8.00. The van der Waals surface area contributed by atoms with Gasteiger partial charge in [-0.05, 0) is 37.5 Å². The number of halogens is 3. The number of aromatic nitrogens is 2. The molecule has 1 N–H and O–H groups in total. The van der Waals surface area contributed by atoms with Gasteiger partial charge in [0.05, 0.1) is 17.1 Å². The fourth-order valence-electron chi connectivity index (χ4n) is 3.07. The summed E-state index contributed by atoms with van der Waals surface area (Å²) in [6, 6.07) is 14.5. The highest BCUT2D eigenvalue weighted by Gasteiger charge is 2.31. The molecule has 0 spiro atoms. The normalized spacial score (nSPS) is 12.6. The van der Waals surface area contributed by atoms with E-state index in [1.807, 2.05) is 32.0 Å². The first kappa shape index (κ1) is 22.0. The van der Waals surface area contributed by atoms with Crippen molar-refractivity contribution in [2.75, 3.05) is 5.32 Å². The molecule has 1 atom stereocenters. The molecular weight excluding hydrogens is 411 g/mol. The maximum atomic E-state index is 13.2. The van der Waals surface area contributed by atoms with Gasteiger partial charge in [-0.15, -0.1) is 0 Å². The topological polar surface area (TPSA) is 46.9 Å². The predicted molar refractivity (Wildman–Crippen MR) is 114 cm³/mol. The van der Waals surface area contributed by atoms with E-state index in [1.165, 1.54) is 6.20 Å². The second kappa shape index (κ2) is 8.95. The van der Waals surface area contributed by atoms with Crippen molar-refractivity contribution in [3.63, 3.8) is 0 Å². The van der Waals surface area contributed by atoms with E-state index in [2.05, 4.69) is 10.3 Å². The summed E-state index contributed by atoms with van der Waals surface area (Å²) >= 11 is 1.01. The van der Waals surface area contributed by atoms with Crippen LogP contribution < -0.4 is 5.32 Å². The fraction of sp³-hybridized carbons (Fsp3) is 0.273. The Labute approximate surface area is 177 Å². The summed E-state index contributed by atoms with van der Waals surface area (Å²) in [5, 5.41) is 2.40. The van der Waals surface area contributed by atoms with E-state index < -0.39 is 18.0 Å². The van der Waals surface area contributed by atoms with Crippen LogP contribution >= 0.6 is 11.8 Å². The summed E-state index contributed by atoms with van der Waals surface area (Å²) in [4.78, 5) is 16.9. The average molecular weight is 433 g/mol. The number of carbonyl (C=O) groups is 1. The Bertz CT molecular complexity index is 1010. The molecule has 0 radical (unpaired) electrons. The lowest BCUT2D eigenvalue weighted by Gasteiger charge is -2.17. The van der Waals surface area contributed by atoms with Gasteiger partial charge in [0, 0.05) is 5.69 Å². The summed E-state index contributed by atoms with van der Waals surface area (Å²) in [6.45, 7) is 4.26. The molecule has 0 aliphatic heterocycles. The van der Waals surface area contributed by atoms with Gasteiger partial charge >= 0.3 is 6.18 Å². The van der Waals surface area contributed by atoms with Gasteiger partial charge in [-0.3, -0.25) is 4.79 Å². The molecule has 0 fully saturated rings. The number of hydrogen-bond donors (Lipinski definition) is 1. The van der Waals surface area contributed by atoms with Gasteiger partial charge in [0.25, 0.3) is 0 Å². The number of amides is 1. The van der Waals surface area contributed by atoms with Crippen molar-refractivity contribution < 1.29 is 18.0 Å². The molecule has 0 saturated heterocycles. The molecule has 30 heavy (non-hydrogen) atoms. The van der Waals surface area contributed by atoms with Crippen LogP contribution in [0.15, 0.2) is 59.9 Å². The molecule has 0 aliphatic carbocycles. The van der Waals surface area contributed by atoms with Crippen molar-refractivity contribution in [3.8, 4) is 11.3 Å². The number of hydrogen-bond acceptors (Lipinski definition) is 3. The Hall–Kier alpha value is -2.74. The van der Waals surface area contributed by atoms with E-state index in [-0.39, 0.29) is 11.1 Å². The molecule has 0 saturated carbocycles. The number of benzene rings is 2. The highest BCUT2D eigenvalue weighted by Crippen LogP contribution is 2.32.